The molecule has 3 heterocycles. The molecule has 0 atom stereocenters. The molecule has 1 amide bonds. The third kappa shape index (κ3) is 3.54. The van der Waals surface area contributed by atoms with Crippen molar-refractivity contribution in [2.75, 3.05) is 0 Å². The molecule has 0 radical (unpaired) electrons. The van der Waals surface area contributed by atoms with Crippen molar-refractivity contribution in [1.82, 2.24) is 29.9 Å². The zero-order chi connectivity index (χ0) is 22.4. The van der Waals surface area contributed by atoms with Crippen LogP contribution in [0.3, 0.4) is 0 Å². The summed E-state index contributed by atoms with van der Waals surface area (Å²) in [6.45, 7) is 2.19. The molecule has 0 spiro atoms. The maximum Gasteiger partial charge on any atom is 0.268 e. The van der Waals surface area contributed by atoms with Crippen LogP contribution in [0.1, 0.15) is 21.7 Å². The third-order valence-electron chi connectivity index (χ3n) is 5.68. The molecule has 7 nitrogen and oxygen atoms in total. The number of amides is 1. The van der Waals surface area contributed by atoms with E-state index in [-0.39, 0.29) is 18.3 Å². The predicted octanol–water partition coefficient (Wildman–Crippen LogP) is 4.32. The van der Waals surface area contributed by atoms with Crippen LogP contribution < -0.4 is 5.32 Å². The van der Waals surface area contributed by atoms with Gasteiger partial charge in [-0.1, -0.05) is 11.8 Å². The molecule has 162 valence electrons. The van der Waals surface area contributed by atoms with Gasteiger partial charge in [-0.2, -0.15) is 10.2 Å². The predicted molar refractivity (Wildman–Crippen MR) is 122 cm³/mol. The molecule has 5 rings (SSSR count). The van der Waals surface area contributed by atoms with E-state index in [2.05, 4.69) is 26.7 Å². The quantitative estimate of drug-likeness (QED) is 0.420. The van der Waals surface area contributed by atoms with Crippen molar-refractivity contribution in [3.8, 4) is 0 Å². The third-order valence-corrected chi connectivity index (χ3v) is 6.80. The lowest BCUT2D eigenvalue weighted by Gasteiger charge is -2.09. The van der Waals surface area contributed by atoms with Gasteiger partial charge in [-0.25, -0.2) is 4.39 Å². The van der Waals surface area contributed by atoms with Crippen molar-refractivity contribution in [3.63, 3.8) is 0 Å². The Balaban J connectivity index is 1.37. The first-order valence-electron chi connectivity index (χ1n) is 10.1. The number of nitrogens with one attached hydrogen (secondary N) is 2. The van der Waals surface area contributed by atoms with Crippen molar-refractivity contribution in [2.24, 2.45) is 14.1 Å². The first-order valence-corrected chi connectivity index (χ1v) is 10.9. The van der Waals surface area contributed by atoms with Gasteiger partial charge < -0.3 is 9.88 Å². The highest BCUT2D eigenvalue weighted by atomic mass is 32.2. The van der Waals surface area contributed by atoms with Gasteiger partial charge in [0, 0.05) is 52.5 Å². The lowest BCUT2D eigenvalue weighted by Crippen LogP contribution is -2.25. The molecule has 2 N–H and O–H groups in total. The van der Waals surface area contributed by atoms with Crippen LogP contribution in [0.2, 0.25) is 0 Å². The van der Waals surface area contributed by atoms with Gasteiger partial charge in [-0.15, -0.1) is 0 Å². The fraction of sp³-hybridized carbons (Fsp3) is 0.174. The molecular weight excluding hydrogens is 427 g/mol. The number of halogens is 1. The summed E-state index contributed by atoms with van der Waals surface area (Å²) in [5.41, 5.74) is 4.02. The number of fused-ring (bicyclic) bond motifs is 2. The second-order valence-electron chi connectivity index (χ2n) is 7.71. The van der Waals surface area contributed by atoms with Gasteiger partial charge in [0.25, 0.3) is 5.91 Å². The van der Waals surface area contributed by atoms with Gasteiger partial charge in [0.15, 0.2) is 0 Å². The largest absolute Gasteiger partial charge is 0.347 e. The second kappa shape index (κ2) is 7.83. The number of H-pyrrole nitrogens is 1. The van der Waals surface area contributed by atoms with E-state index < -0.39 is 0 Å². The first-order chi connectivity index (χ1) is 15.4. The number of rotatable bonds is 5. The Morgan fingerprint density at radius 2 is 2.00 bits per heavy atom. The molecule has 3 aromatic heterocycles. The van der Waals surface area contributed by atoms with E-state index in [1.807, 2.05) is 36.7 Å². The van der Waals surface area contributed by atoms with Crippen LogP contribution in [0.25, 0.3) is 21.8 Å². The standard InChI is InChI=1S/C23H21FN6OS/c1-13-21(32-18-4-5-19-14(8-18)11-26-28-19)9-20(29(13)2)23(31)25-10-15-6-17(24)7-16-12-27-30(3)22(15)16/h4-9,11-12H,10H2,1-3H3,(H,25,31)(H,26,28). The topological polar surface area (TPSA) is 80.5 Å². The summed E-state index contributed by atoms with van der Waals surface area (Å²) in [7, 11) is 3.67. The minimum Gasteiger partial charge on any atom is -0.347 e. The van der Waals surface area contributed by atoms with Crippen LogP contribution in [0, 0.1) is 12.7 Å². The van der Waals surface area contributed by atoms with Crippen molar-refractivity contribution in [3.05, 3.63) is 71.6 Å². The van der Waals surface area contributed by atoms with Crippen LogP contribution in [0.15, 0.2) is 58.6 Å². The Hall–Kier alpha value is -3.59. The highest BCUT2D eigenvalue weighted by molar-refractivity contribution is 7.99. The summed E-state index contributed by atoms with van der Waals surface area (Å²) < 4.78 is 17.6. The molecule has 0 aliphatic carbocycles. The molecule has 9 heteroatoms. The van der Waals surface area contributed by atoms with Crippen molar-refractivity contribution in [1.29, 1.82) is 0 Å². The van der Waals surface area contributed by atoms with Crippen LogP contribution >= 0.6 is 11.8 Å². The molecule has 0 aliphatic rings. The molecule has 0 fully saturated rings. The zero-order valence-corrected chi connectivity index (χ0v) is 18.6. The Morgan fingerprint density at radius 1 is 1.16 bits per heavy atom. The maximum absolute atomic E-state index is 14.0. The fourth-order valence-corrected chi connectivity index (χ4v) is 4.91. The van der Waals surface area contributed by atoms with Crippen LogP contribution in [-0.2, 0) is 20.6 Å². The molecule has 0 bridgehead atoms. The van der Waals surface area contributed by atoms with Gasteiger partial charge in [-0.05, 0) is 43.3 Å². The maximum atomic E-state index is 14.0. The monoisotopic (exact) mass is 448 g/mol. The van der Waals surface area contributed by atoms with E-state index in [9.17, 15) is 9.18 Å². The number of hydrogen-bond donors (Lipinski definition) is 2. The zero-order valence-electron chi connectivity index (χ0n) is 17.8. The van der Waals surface area contributed by atoms with Gasteiger partial charge in [-0.3, -0.25) is 14.6 Å². The van der Waals surface area contributed by atoms with E-state index >= 15 is 0 Å². The molecule has 0 saturated heterocycles. The highest BCUT2D eigenvalue weighted by Crippen LogP contribution is 2.33. The van der Waals surface area contributed by atoms with E-state index in [0.717, 1.165) is 31.9 Å². The highest BCUT2D eigenvalue weighted by Gasteiger charge is 2.17. The summed E-state index contributed by atoms with van der Waals surface area (Å²) in [4.78, 5) is 15.0. The van der Waals surface area contributed by atoms with Crippen LogP contribution in [-0.4, -0.2) is 30.5 Å². The summed E-state index contributed by atoms with van der Waals surface area (Å²) in [6, 6.07) is 10.9. The van der Waals surface area contributed by atoms with E-state index in [1.165, 1.54) is 12.1 Å². The lowest BCUT2D eigenvalue weighted by molar-refractivity contribution is 0.0942. The number of hydrogen-bond acceptors (Lipinski definition) is 4. The van der Waals surface area contributed by atoms with Crippen molar-refractivity contribution >= 4 is 39.5 Å². The van der Waals surface area contributed by atoms with Gasteiger partial charge in [0.05, 0.1) is 23.4 Å². The molecule has 5 aromatic rings. The molecule has 32 heavy (non-hydrogen) atoms. The second-order valence-corrected chi connectivity index (χ2v) is 8.83. The molecule has 2 aromatic carbocycles. The number of carbonyl (C=O) groups is 1. The molecule has 0 unspecified atom stereocenters. The van der Waals surface area contributed by atoms with Crippen molar-refractivity contribution < 1.29 is 9.18 Å². The molecular formula is C23H21FN6OS. The van der Waals surface area contributed by atoms with E-state index in [0.29, 0.717) is 16.6 Å². The van der Waals surface area contributed by atoms with Crippen molar-refractivity contribution in [2.45, 2.75) is 23.3 Å². The van der Waals surface area contributed by atoms with Gasteiger partial charge in [0.1, 0.15) is 11.5 Å². The number of carbonyl (C=O) groups excluding carboxylic acids is 1. The SMILES string of the molecule is Cc1c(Sc2ccc3[nH]ncc3c2)cc(C(=O)NCc2cc(F)cc3cnn(C)c23)n1C. The Morgan fingerprint density at radius 3 is 2.84 bits per heavy atom. The summed E-state index contributed by atoms with van der Waals surface area (Å²) >= 11 is 1.60. The van der Waals surface area contributed by atoms with E-state index in [1.54, 1.807) is 35.9 Å². The lowest BCUT2D eigenvalue weighted by atomic mass is 10.1. The number of aromatic amines is 1. The number of nitrogens with zero attached hydrogens (tertiary/aromatic N) is 4. The smallest absolute Gasteiger partial charge is 0.268 e. The minimum atomic E-state index is -0.349. The average Bonchev–Trinajstić information content (AvgIpc) is 3.46. The summed E-state index contributed by atoms with van der Waals surface area (Å²) in [5.74, 6) is -0.565. The Labute approximate surface area is 187 Å². The van der Waals surface area contributed by atoms with E-state index in [4.69, 9.17) is 0 Å². The molecule has 0 aliphatic heterocycles. The fourth-order valence-electron chi connectivity index (χ4n) is 3.88. The normalized spacial score (nSPS) is 11.5. The molecule has 0 saturated carbocycles. The average molecular weight is 449 g/mol. The van der Waals surface area contributed by atoms with Crippen LogP contribution in [0.4, 0.5) is 4.39 Å². The number of aromatic nitrogens is 5. The first kappa shape index (κ1) is 20.3. The minimum absolute atomic E-state index is 0.205. The number of aryl methyl sites for hydroxylation is 1. The Bertz CT molecular complexity index is 1480. The van der Waals surface area contributed by atoms with Gasteiger partial charge in [0.2, 0.25) is 0 Å². The van der Waals surface area contributed by atoms with Crippen LogP contribution in [0.5, 0.6) is 0 Å². The number of benzene rings is 2. The summed E-state index contributed by atoms with van der Waals surface area (Å²) in [5, 5.41) is 15.9. The Kier molecular flexibility index (Phi) is 4.97. The van der Waals surface area contributed by atoms with Gasteiger partial charge >= 0.3 is 0 Å². The summed E-state index contributed by atoms with van der Waals surface area (Å²) in [6.07, 6.45) is 3.41.